The molecule has 7 heteroatoms. The van der Waals surface area contributed by atoms with Crippen molar-refractivity contribution < 1.29 is 13.9 Å². The molecule has 0 aliphatic heterocycles. The summed E-state index contributed by atoms with van der Waals surface area (Å²) in [6.45, 7) is 0. The lowest BCUT2D eigenvalue weighted by atomic mass is 10.1. The second-order valence-corrected chi connectivity index (χ2v) is 7.51. The lowest BCUT2D eigenvalue weighted by Crippen LogP contribution is -2.02. The number of methoxy groups -OCH3 is 2. The van der Waals surface area contributed by atoms with Crippen LogP contribution in [0.15, 0.2) is 61.5 Å². The summed E-state index contributed by atoms with van der Waals surface area (Å²) in [5, 5.41) is 3.46. The maximum Gasteiger partial charge on any atom is 0.345 e. The van der Waals surface area contributed by atoms with E-state index in [1.54, 1.807) is 26.4 Å². The summed E-state index contributed by atoms with van der Waals surface area (Å²) < 4.78 is 17.0. The van der Waals surface area contributed by atoms with Crippen molar-refractivity contribution in [2.75, 3.05) is 14.2 Å². The van der Waals surface area contributed by atoms with Gasteiger partial charge in [0, 0.05) is 20.8 Å². The van der Waals surface area contributed by atoms with Crippen LogP contribution in [0.5, 0.6) is 11.5 Å². The average Bonchev–Trinajstić information content (AvgIpc) is 3.17. The molecular formula is C20H14BrNO4S. The van der Waals surface area contributed by atoms with E-state index in [4.69, 9.17) is 13.9 Å². The summed E-state index contributed by atoms with van der Waals surface area (Å²) in [7, 11) is 3.18. The smallest absolute Gasteiger partial charge is 0.345 e. The molecule has 0 atom stereocenters. The molecule has 0 unspecified atom stereocenters. The Kier molecular flexibility index (Phi) is 4.72. The fraction of sp³-hybridized carbons (Fsp3) is 0.100. The van der Waals surface area contributed by atoms with Crippen LogP contribution in [0.2, 0.25) is 0 Å². The van der Waals surface area contributed by atoms with Gasteiger partial charge in [-0.3, -0.25) is 0 Å². The number of hydrogen-bond donors (Lipinski definition) is 0. The highest BCUT2D eigenvalue weighted by atomic mass is 79.9. The number of ether oxygens (including phenoxy) is 2. The summed E-state index contributed by atoms with van der Waals surface area (Å²) in [6.07, 6.45) is 0. The fourth-order valence-electron chi connectivity index (χ4n) is 2.77. The zero-order chi connectivity index (χ0) is 19.0. The zero-order valence-electron chi connectivity index (χ0n) is 14.5. The number of hydrogen-bond acceptors (Lipinski definition) is 6. The van der Waals surface area contributed by atoms with Crippen molar-refractivity contribution in [3.05, 3.63) is 62.7 Å². The quantitative estimate of drug-likeness (QED) is 0.397. The number of thiazole rings is 1. The number of aromatic nitrogens is 1. The van der Waals surface area contributed by atoms with E-state index in [9.17, 15) is 4.79 Å². The van der Waals surface area contributed by atoms with E-state index in [0.717, 1.165) is 20.4 Å². The zero-order valence-corrected chi connectivity index (χ0v) is 16.9. The summed E-state index contributed by atoms with van der Waals surface area (Å²) >= 11 is 4.89. The van der Waals surface area contributed by atoms with Gasteiger partial charge in [-0.15, -0.1) is 11.3 Å². The van der Waals surface area contributed by atoms with Gasteiger partial charge < -0.3 is 13.9 Å². The van der Waals surface area contributed by atoms with Crippen LogP contribution in [0.1, 0.15) is 0 Å². The van der Waals surface area contributed by atoms with Crippen LogP contribution < -0.4 is 15.1 Å². The van der Waals surface area contributed by atoms with Gasteiger partial charge in [-0.05, 0) is 42.5 Å². The number of halogens is 1. The van der Waals surface area contributed by atoms with Crippen molar-refractivity contribution in [3.8, 4) is 33.3 Å². The van der Waals surface area contributed by atoms with Crippen LogP contribution in [0.3, 0.4) is 0 Å². The van der Waals surface area contributed by atoms with Crippen LogP contribution in [0.4, 0.5) is 0 Å². The van der Waals surface area contributed by atoms with E-state index >= 15 is 0 Å². The van der Waals surface area contributed by atoms with E-state index in [1.807, 2.05) is 35.7 Å². The van der Waals surface area contributed by atoms with Crippen LogP contribution in [-0.4, -0.2) is 19.2 Å². The van der Waals surface area contributed by atoms with Crippen LogP contribution in [0.25, 0.3) is 32.8 Å². The molecule has 0 N–H and O–H groups in total. The number of nitrogens with zero attached hydrogens (tertiary/aromatic N) is 1. The summed E-state index contributed by atoms with van der Waals surface area (Å²) in [4.78, 5) is 17.0. The third-order valence-corrected chi connectivity index (χ3v) is 5.49. The third kappa shape index (κ3) is 3.36. The summed E-state index contributed by atoms with van der Waals surface area (Å²) in [6, 6.07) is 12.9. The highest BCUT2D eigenvalue weighted by Crippen LogP contribution is 2.35. The second kappa shape index (κ2) is 7.17. The lowest BCUT2D eigenvalue weighted by Gasteiger charge is -2.08. The van der Waals surface area contributed by atoms with Gasteiger partial charge in [0.05, 0.1) is 25.5 Å². The van der Waals surface area contributed by atoms with Gasteiger partial charge in [-0.2, -0.15) is 0 Å². The van der Waals surface area contributed by atoms with E-state index in [-0.39, 0.29) is 0 Å². The molecule has 0 saturated carbocycles. The van der Waals surface area contributed by atoms with Crippen molar-refractivity contribution in [3.63, 3.8) is 0 Å². The highest BCUT2D eigenvalue weighted by Gasteiger charge is 2.14. The molecule has 0 amide bonds. The van der Waals surface area contributed by atoms with Gasteiger partial charge in [0.25, 0.3) is 0 Å². The first kappa shape index (κ1) is 17.8. The summed E-state index contributed by atoms with van der Waals surface area (Å²) in [5.74, 6) is 1.28. The molecule has 0 aliphatic carbocycles. The van der Waals surface area contributed by atoms with Gasteiger partial charge in [0.2, 0.25) is 0 Å². The molecule has 2 heterocycles. The number of benzene rings is 2. The predicted octanol–water partition coefficient (Wildman–Crippen LogP) is 5.36. The molecule has 0 saturated heterocycles. The van der Waals surface area contributed by atoms with E-state index in [2.05, 4.69) is 20.9 Å². The molecule has 0 spiro atoms. The minimum Gasteiger partial charge on any atom is -0.493 e. The SMILES string of the molecule is COc1ccc(-c2nc(-c3cc4cc(Br)ccc4oc3=O)cs2)cc1OC. The Morgan fingerprint density at radius 2 is 1.85 bits per heavy atom. The minimum atomic E-state index is -0.408. The predicted molar refractivity (Wildman–Crippen MR) is 110 cm³/mol. The van der Waals surface area contributed by atoms with Crippen LogP contribution in [-0.2, 0) is 0 Å². The largest absolute Gasteiger partial charge is 0.493 e. The van der Waals surface area contributed by atoms with Crippen molar-refractivity contribution in [2.45, 2.75) is 0 Å². The van der Waals surface area contributed by atoms with Crippen LogP contribution >= 0.6 is 27.3 Å². The standard InChI is InChI=1S/C20H14BrNO4S/c1-24-17-5-3-11(9-18(17)25-2)19-22-15(10-27-19)14-8-12-7-13(21)4-6-16(12)26-20(14)23/h3-10H,1-2H3. The van der Waals surface area contributed by atoms with Crippen molar-refractivity contribution in [1.29, 1.82) is 0 Å². The maximum atomic E-state index is 12.4. The van der Waals surface area contributed by atoms with Crippen molar-refractivity contribution >= 4 is 38.2 Å². The molecule has 2 aromatic heterocycles. The molecule has 0 bridgehead atoms. The minimum absolute atomic E-state index is 0.408. The Morgan fingerprint density at radius 3 is 2.63 bits per heavy atom. The second-order valence-electron chi connectivity index (χ2n) is 5.74. The molecular weight excluding hydrogens is 430 g/mol. The third-order valence-electron chi connectivity index (χ3n) is 4.10. The molecule has 0 radical (unpaired) electrons. The Bertz CT molecular complexity index is 1200. The number of fused-ring (bicyclic) bond motifs is 1. The molecule has 4 aromatic rings. The normalized spacial score (nSPS) is 10.9. The van der Waals surface area contributed by atoms with Gasteiger partial charge >= 0.3 is 5.63 Å². The van der Waals surface area contributed by atoms with E-state index in [0.29, 0.717) is 28.3 Å². The molecule has 27 heavy (non-hydrogen) atoms. The summed E-state index contributed by atoms with van der Waals surface area (Å²) in [5.41, 5.74) is 2.04. The van der Waals surface area contributed by atoms with E-state index in [1.165, 1.54) is 11.3 Å². The maximum absolute atomic E-state index is 12.4. The van der Waals surface area contributed by atoms with Gasteiger partial charge in [-0.25, -0.2) is 9.78 Å². The average molecular weight is 444 g/mol. The molecule has 136 valence electrons. The molecule has 4 rings (SSSR count). The van der Waals surface area contributed by atoms with Crippen LogP contribution in [0, 0.1) is 0 Å². The Labute approximate surface area is 167 Å². The first-order chi connectivity index (χ1) is 13.1. The fourth-order valence-corrected chi connectivity index (χ4v) is 3.97. The van der Waals surface area contributed by atoms with E-state index < -0.39 is 5.63 Å². The Morgan fingerprint density at radius 1 is 1.04 bits per heavy atom. The van der Waals surface area contributed by atoms with Gasteiger partial charge in [0.1, 0.15) is 10.6 Å². The Balaban J connectivity index is 1.78. The first-order valence-electron chi connectivity index (χ1n) is 8.01. The van der Waals surface area contributed by atoms with Gasteiger partial charge in [0.15, 0.2) is 11.5 Å². The Hall–Kier alpha value is -2.64. The lowest BCUT2D eigenvalue weighted by molar-refractivity contribution is 0.355. The molecule has 2 aromatic carbocycles. The first-order valence-corrected chi connectivity index (χ1v) is 9.68. The molecule has 0 fully saturated rings. The van der Waals surface area contributed by atoms with Crippen molar-refractivity contribution in [1.82, 2.24) is 4.98 Å². The monoisotopic (exact) mass is 443 g/mol. The van der Waals surface area contributed by atoms with Gasteiger partial charge in [-0.1, -0.05) is 15.9 Å². The topological polar surface area (TPSA) is 61.6 Å². The van der Waals surface area contributed by atoms with Crippen molar-refractivity contribution in [2.24, 2.45) is 0 Å². The molecule has 0 aliphatic rings. The highest BCUT2D eigenvalue weighted by molar-refractivity contribution is 9.10. The number of rotatable bonds is 4. The molecule has 5 nitrogen and oxygen atoms in total.